The van der Waals surface area contributed by atoms with E-state index in [2.05, 4.69) is 10.3 Å². The average Bonchev–Trinajstić information content (AvgIpc) is 3.03. The Morgan fingerprint density at radius 3 is 2.92 bits per heavy atom. The molecule has 0 fully saturated rings. The smallest absolute Gasteiger partial charge is 0.236 e. The van der Waals surface area contributed by atoms with E-state index >= 15 is 0 Å². The Labute approximate surface area is 153 Å². The van der Waals surface area contributed by atoms with E-state index in [4.69, 9.17) is 9.47 Å². The molecule has 0 radical (unpaired) electrons. The first kappa shape index (κ1) is 16.2. The van der Waals surface area contributed by atoms with Crippen LogP contribution in [0.1, 0.15) is 5.56 Å². The topological polar surface area (TPSA) is 60.5 Å². The SMILES string of the molecule is Cc1cccc2sc(NC(=O)CSc3ccc4c(c3)OCCO4)nc12. The minimum atomic E-state index is -0.0726. The number of para-hydroxylation sites is 1. The molecule has 128 valence electrons. The summed E-state index contributed by atoms with van der Waals surface area (Å²) in [5, 5.41) is 3.52. The number of hydrogen-bond donors (Lipinski definition) is 1. The average molecular weight is 372 g/mol. The van der Waals surface area contributed by atoms with Gasteiger partial charge in [0, 0.05) is 4.90 Å². The van der Waals surface area contributed by atoms with Crippen molar-refractivity contribution < 1.29 is 14.3 Å². The zero-order valence-corrected chi connectivity index (χ0v) is 15.2. The molecule has 0 atom stereocenters. The molecule has 0 spiro atoms. The number of amides is 1. The summed E-state index contributed by atoms with van der Waals surface area (Å²) in [6.45, 7) is 3.15. The molecular formula is C18H16N2O3S2. The lowest BCUT2D eigenvalue weighted by molar-refractivity contribution is -0.113. The number of nitrogens with one attached hydrogen (secondary N) is 1. The van der Waals surface area contributed by atoms with E-state index in [1.54, 1.807) is 0 Å². The minimum Gasteiger partial charge on any atom is -0.486 e. The molecule has 1 aromatic heterocycles. The molecule has 0 aliphatic carbocycles. The van der Waals surface area contributed by atoms with Crippen molar-refractivity contribution in [3.05, 3.63) is 42.0 Å². The number of anilines is 1. The number of carbonyl (C=O) groups excluding carboxylic acids is 1. The number of thiazole rings is 1. The van der Waals surface area contributed by atoms with Crippen LogP contribution in [0, 0.1) is 6.92 Å². The second kappa shape index (κ2) is 6.93. The Bertz CT molecular complexity index is 939. The van der Waals surface area contributed by atoms with Gasteiger partial charge in [0.1, 0.15) is 13.2 Å². The summed E-state index contributed by atoms with van der Waals surface area (Å²) in [6, 6.07) is 11.8. The second-order valence-electron chi connectivity index (χ2n) is 5.58. The van der Waals surface area contributed by atoms with Gasteiger partial charge in [-0.1, -0.05) is 23.5 Å². The molecule has 2 aromatic carbocycles. The molecule has 1 aliphatic rings. The molecule has 0 saturated heterocycles. The van der Waals surface area contributed by atoms with Crippen LogP contribution in [0.25, 0.3) is 10.2 Å². The van der Waals surface area contributed by atoms with Crippen molar-refractivity contribution >= 4 is 44.4 Å². The van der Waals surface area contributed by atoms with Gasteiger partial charge in [0.05, 0.1) is 16.0 Å². The van der Waals surface area contributed by atoms with Crippen molar-refractivity contribution in [3.63, 3.8) is 0 Å². The molecule has 0 bridgehead atoms. The minimum absolute atomic E-state index is 0.0726. The highest BCUT2D eigenvalue weighted by Crippen LogP contribution is 2.34. The van der Waals surface area contributed by atoms with Crippen LogP contribution < -0.4 is 14.8 Å². The van der Waals surface area contributed by atoms with Gasteiger partial charge < -0.3 is 14.8 Å². The van der Waals surface area contributed by atoms with Gasteiger partial charge >= 0.3 is 0 Å². The number of thioether (sulfide) groups is 1. The van der Waals surface area contributed by atoms with Crippen LogP contribution in [-0.2, 0) is 4.79 Å². The first-order valence-corrected chi connectivity index (χ1v) is 9.68. The number of benzene rings is 2. The van der Waals surface area contributed by atoms with E-state index in [-0.39, 0.29) is 5.91 Å². The Morgan fingerprint density at radius 1 is 1.24 bits per heavy atom. The third-order valence-electron chi connectivity index (χ3n) is 3.75. The lowest BCUT2D eigenvalue weighted by Gasteiger charge is -2.18. The number of hydrogen-bond acceptors (Lipinski definition) is 6. The van der Waals surface area contributed by atoms with Gasteiger partial charge in [-0.2, -0.15) is 0 Å². The van der Waals surface area contributed by atoms with Gasteiger partial charge in [-0.25, -0.2) is 4.98 Å². The fraction of sp³-hybridized carbons (Fsp3) is 0.222. The molecule has 3 aromatic rings. The first-order valence-electron chi connectivity index (χ1n) is 7.87. The molecule has 5 nitrogen and oxygen atoms in total. The summed E-state index contributed by atoms with van der Waals surface area (Å²) in [5.74, 6) is 1.73. The maximum absolute atomic E-state index is 12.2. The van der Waals surface area contributed by atoms with Crippen LogP contribution in [0.5, 0.6) is 11.5 Å². The Balaban J connectivity index is 1.39. The van der Waals surface area contributed by atoms with Crippen molar-refractivity contribution in [2.75, 3.05) is 24.3 Å². The van der Waals surface area contributed by atoms with Crippen molar-refractivity contribution in [3.8, 4) is 11.5 Å². The predicted molar refractivity (Wildman–Crippen MR) is 101 cm³/mol. The fourth-order valence-corrected chi connectivity index (χ4v) is 4.24. The molecule has 1 aliphatic heterocycles. The monoisotopic (exact) mass is 372 g/mol. The molecular weight excluding hydrogens is 356 g/mol. The lowest BCUT2D eigenvalue weighted by Crippen LogP contribution is -2.15. The first-order chi connectivity index (χ1) is 12.2. The molecule has 1 amide bonds. The van der Waals surface area contributed by atoms with Gasteiger partial charge in [0.2, 0.25) is 5.91 Å². The van der Waals surface area contributed by atoms with Crippen molar-refractivity contribution in [2.45, 2.75) is 11.8 Å². The van der Waals surface area contributed by atoms with E-state index < -0.39 is 0 Å². The molecule has 1 N–H and O–H groups in total. The van der Waals surface area contributed by atoms with Gasteiger partial charge in [-0.3, -0.25) is 4.79 Å². The summed E-state index contributed by atoms with van der Waals surface area (Å²) < 4.78 is 12.1. The molecule has 0 unspecified atom stereocenters. The lowest BCUT2D eigenvalue weighted by atomic mass is 10.2. The van der Waals surface area contributed by atoms with Crippen molar-refractivity contribution in [1.82, 2.24) is 4.98 Å². The number of carbonyl (C=O) groups is 1. The third kappa shape index (κ3) is 3.57. The molecule has 7 heteroatoms. The highest BCUT2D eigenvalue weighted by molar-refractivity contribution is 8.00. The summed E-state index contributed by atoms with van der Waals surface area (Å²) in [7, 11) is 0. The Morgan fingerprint density at radius 2 is 2.08 bits per heavy atom. The fourth-order valence-electron chi connectivity index (χ4n) is 2.56. The quantitative estimate of drug-likeness (QED) is 0.699. The number of fused-ring (bicyclic) bond motifs is 2. The Hall–Kier alpha value is -2.25. The zero-order chi connectivity index (χ0) is 17.2. The maximum Gasteiger partial charge on any atom is 0.236 e. The standard InChI is InChI=1S/C18H16N2O3S2/c1-11-3-2-4-15-17(11)20-18(25-15)19-16(21)10-24-12-5-6-13-14(9-12)23-8-7-22-13/h2-6,9H,7-8,10H2,1H3,(H,19,20,21). The summed E-state index contributed by atoms with van der Waals surface area (Å²) in [4.78, 5) is 17.7. The summed E-state index contributed by atoms with van der Waals surface area (Å²) in [5.41, 5.74) is 2.06. The van der Waals surface area contributed by atoms with E-state index in [1.165, 1.54) is 23.1 Å². The highest BCUT2D eigenvalue weighted by Gasteiger charge is 2.13. The molecule has 2 heterocycles. The number of ether oxygens (including phenoxy) is 2. The Kier molecular flexibility index (Phi) is 4.50. The van der Waals surface area contributed by atoms with E-state index in [0.29, 0.717) is 24.1 Å². The van der Waals surface area contributed by atoms with Gasteiger partial charge in [0.15, 0.2) is 16.6 Å². The van der Waals surface area contributed by atoms with Crippen LogP contribution in [0.15, 0.2) is 41.3 Å². The number of aryl methyl sites for hydroxylation is 1. The number of rotatable bonds is 4. The largest absolute Gasteiger partial charge is 0.486 e. The van der Waals surface area contributed by atoms with Gasteiger partial charge in [-0.05, 0) is 36.8 Å². The van der Waals surface area contributed by atoms with E-state index in [9.17, 15) is 4.79 Å². The molecule has 4 rings (SSSR count). The molecule has 25 heavy (non-hydrogen) atoms. The van der Waals surface area contributed by atoms with Gasteiger partial charge in [0.25, 0.3) is 0 Å². The highest BCUT2D eigenvalue weighted by atomic mass is 32.2. The van der Waals surface area contributed by atoms with Crippen LogP contribution >= 0.6 is 23.1 Å². The van der Waals surface area contributed by atoms with Crippen LogP contribution in [0.3, 0.4) is 0 Å². The van der Waals surface area contributed by atoms with Crippen LogP contribution in [-0.4, -0.2) is 29.9 Å². The summed E-state index contributed by atoms with van der Waals surface area (Å²) >= 11 is 2.95. The molecule has 0 saturated carbocycles. The summed E-state index contributed by atoms with van der Waals surface area (Å²) in [6.07, 6.45) is 0. The zero-order valence-electron chi connectivity index (χ0n) is 13.6. The van der Waals surface area contributed by atoms with Crippen molar-refractivity contribution in [2.24, 2.45) is 0 Å². The van der Waals surface area contributed by atoms with Crippen LogP contribution in [0.4, 0.5) is 5.13 Å². The van der Waals surface area contributed by atoms with E-state index in [0.717, 1.165) is 32.2 Å². The third-order valence-corrected chi connectivity index (χ3v) is 5.68. The van der Waals surface area contributed by atoms with E-state index in [1.807, 2.05) is 43.3 Å². The predicted octanol–water partition coefficient (Wildman–Crippen LogP) is 4.11. The van der Waals surface area contributed by atoms with Gasteiger partial charge in [-0.15, -0.1) is 11.8 Å². The van der Waals surface area contributed by atoms with Crippen LogP contribution in [0.2, 0.25) is 0 Å². The van der Waals surface area contributed by atoms with Crippen molar-refractivity contribution in [1.29, 1.82) is 0 Å². The maximum atomic E-state index is 12.2. The second-order valence-corrected chi connectivity index (χ2v) is 7.66. The number of aromatic nitrogens is 1. The normalized spacial score (nSPS) is 13.0. The number of nitrogens with zero attached hydrogens (tertiary/aromatic N) is 1.